The molecule has 0 unspecified atom stereocenters. The average molecular weight is 813 g/mol. The van der Waals surface area contributed by atoms with Crippen LogP contribution in [0.3, 0.4) is 0 Å². The Morgan fingerprint density at radius 2 is 0.781 bits per heavy atom. The summed E-state index contributed by atoms with van der Waals surface area (Å²) in [5.74, 6) is 0. The summed E-state index contributed by atoms with van der Waals surface area (Å²) in [4.78, 5) is 15.1. The normalized spacial score (nSPS) is 12.0. The van der Waals surface area contributed by atoms with Gasteiger partial charge in [0.25, 0.3) is 0 Å². The van der Waals surface area contributed by atoms with Crippen molar-refractivity contribution in [2.75, 3.05) is 0 Å². The molecule has 6 heteroatoms. The molecule has 0 aliphatic heterocycles. The van der Waals surface area contributed by atoms with Gasteiger partial charge in [-0.15, -0.1) is 0 Å². The molecular weight excluding hydrogens is 781 g/mol. The molecule has 64 heavy (non-hydrogen) atoms. The van der Waals surface area contributed by atoms with Gasteiger partial charge in [0.1, 0.15) is 22.9 Å². The highest BCUT2D eigenvalue weighted by Gasteiger charge is 2.34. The molecule has 0 aliphatic rings. The molecule has 0 saturated heterocycles. The van der Waals surface area contributed by atoms with Crippen molar-refractivity contribution in [2.45, 2.75) is 0 Å². The van der Waals surface area contributed by atoms with E-state index in [2.05, 4.69) is 184 Å². The Balaban J connectivity index is 1.30. The van der Waals surface area contributed by atoms with Gasteiger partial charge in [0, 0.05) is 68.4 Å². The lowest BCUT2D eigenvalue weighted by Gasteiger charge is -2.27. The van der Waals surface area contributed by atoms with Gasteiger partial charge >= 0.3 is 0 Å². The lowest BCUT2D eigenvalue weighted by molar-refractivity contribution is 1.08. The van der Waals surface area contributed by atoms with E-state index in [0.717, 1.165) is 132 Å². The number of aromatic nitrogens is 5. The van der Waals surface area contributed by atoms with Crippen molar-refractivity contribution >= 4 is 87.0 Å². The molecule has 0 radical (unpaired) electrons. The van der Waals surface area contributed by atoms with Crippen LogP contribution in [0.4, 0.5) is 0 Å². The molecule has 14 aromatic rings. The highest BCUT2D eigenvalue weighted by atomic mass is 15.1. The highest BCUT2D eigenvalue weighted by Crippen LogP contribution is 2.54. The molecule has 5 heterocycles. The van der Waals surface area contributed by atoms with Crippen LogP contribution in [0.2, 0.25) is 0 Å². The van der Waals surface area contributed by atoms with Crippen molar-refractivity contribution in [3.8, 4) is 50.8 Å². The van der Waals surface area contributed by atoms with Crippen molar-refractivity contribution < 1.29 is 0 Å². The van der Waals surface area contributed by atoms with Crippen LogP contribution in [-0.2, 0) is 0 Å². The Hall–Kier alpha value is -8.92. The number of fused-ring (bicyclic) bond motifs is 6. The smallest absolute Gasteiger partial charge is 0.147 e. The lowest BCUT2D eigenvalue weighted by atomic mass is 9.82. The zero-order chi connectivity index (χ0) is 42.0. The predicted octanol–water partition coefficient (Wildman–Crippen LogP) is 14.4. The van der Waals surface area contributed by atoms with Gasteiger partial charge in [-0.1, -0.05) is 140 Å². The minimum absolute atomic E-state index is 0.514. The Labute approximate surface area is 365 Å². The number of hydrogen-bond acceptors (Lipinski definition) is 4. The molecule has 0 saturated carbocycles. The Kier molecular flexibility index (Phi) is 7.08. The molecule has 0 N–H and O–H groups in total. The zero-order valence-electron chi connectivity index (χ0n) is 34.2. The second-order valence-corrected chi connectivity index (χ2v) is 16.6. The van der Waals surface area contributed by atoms with Crippen molar-refractivity contribution in [2.24, 2.45) is 0 Å². The van der Waals surface area contributed by atoms with E-state index in [4.69, 9.17) is 9.97 Å². The molecule has 0 spiro atoms. The van der Waals surface area contributed by atoms with E-state index in [1.807, 2.05) is 30.9 Å². The number of nitriles is 1. The van der Waals surface area contributed by atoms with Crippen LogP contribution in [0.5, 0.6) is 0 Å². The fourth-order valence-electron chi connectivity index (χ4n) is 11.0. The van der Waals surface area contributed by atoms with E-state index >= 15 is 0 Å². The third-order valence-corrected chi connectivity index (χ3v) is 13.5. The van der Waals surface area contributed by atoms with Crippen LogP contribution in [0, 0.1) is 11.3 Å². The summed E-state index contributed by atoms with van der Waals surface area (Å²) in [6.07, 6.45) is 7.66. The van der Waals surface area contributed by atoms with Gasteiger partial charge in [0.15, 0.2) is 0 Å². The maximum Gasteiger partial charge on any atom is 0.147 e. The van der Waals surface area contributed by atoms with Crippen molar-refractivity contribution in [3.05, 3.63) is 200 Å². The van der Waals surface area contributed by atoms with Gasteiger partial charge in [0.05, 0.1) is 22.4 Å². The second kappa shape index (κ2) is 13.0. The van der Waals surface area contributed by atoms with Crippen LogP contribution >= 0.6 is 0 Å². The Bertz CT molecular complexity index is 3820. The summed E-state index contributed by atoms with van der Waals surface area (Å²) in [5, 5.41) is 25.7. The van der Waals surface area contributed by atoms with Crippen molar-refractivity contribution in [1.82, 2.24) is 24.1 Å². The van der Waals surface area contributed by atoms with E-state index < -0.39 is 0 Å². The average Bonchev–Trinajstić information content (AvgIpc) is 3.89. The summed E-state index contributed by atoms with van der Waals surface area (Å²) in [7, 11) is 0. The summed E-state index contributed by atoms with van der Waals surface area (Å²) >= 11 is 0. The van der Waals surface area contributed by atoms with Gasteiger partial charge < -0.3 is 4.57 Å². The molecule has 0 amide bonds. The maximum absolute atomic E-state index is 12.3. The fourth-order valence-corrected chi connectivity index (χ4v) is 11.0. The van der Waals surface area contributed by atoms with Crippen LogP contribution in [0.1, 0.15) is 5.56 Å². The molecule has 9 aromatic carbocycles. The number of hydrogen-bond donors (Lipinski definition) is 0. The molecule has 0 fully saturated rings. The topological polar surface area (TPSA) is 72.3 Å². The molecule has 5 aromatic heterocycles. The van der Waals surface area contributed by atoms with E-state index in [-0.39, 0.29) is 0 Å². The second-order valence-electron chi connectivity index (χ2n) is 16.6. The maximum atomic E-state index is 12.3. The molecule has 0 atom stereocenters. The SMILES string of the molecule is N#Cc1c(-n2c3cccc4c5ccncc5c5cccc2c5c43)c(-c2ccccc2)c(-c2ccccc2)c(-c2ccccc2)c1-n1c2nccc3c4ccccc4c4ccnc1c4c32. The van der Waals surface area contributed by atoms with E-state index in [1.54, 1.807) is 0 Å². The van der Waals surface area contributed by atoms with Crippen molar-refractivity contribution in [1.29, 1.82) is 5.26 Å². The molecule has 0 bridgehead atoms. The first kappa shape index (κ1) is 34.8. The molecule has 6 nitrogen and oxygen atoms in total. The lowest BCUT2D eigenvalue weighted by Crippen LogP contribution is -2.11. The van der Waals surface area contributed by atoms with Gasteiger partial charge in [-0.25, -0.2) is 9.97 Å². The minimum atomic E-state index is 0.514. The monoisotopic (exact) mass is 812 g/mol. The summed E-state index contributed by atoms with van der Waals surface area (Å²) in [6, 6.07) is 62.7. The molecule has 294 valence electrons. The number of nitrogens with zero attached hydrogens (tertiary/aromatic N) is 6. The van der Waals surface area contributed by atoms with E-state index in [9.17, 15) is 5.26 Å². The van der Waals surface area contributed by atoms with Crippen LogP contribution in [-0.4, -0.2) is 24.1 Å². The van der Waals surface area contributed by atoms with E-state index in [0.29, 0.717) is 5.56 Å². The van der Waals surface area contributed by atoms with Gasteiger partial charge in [0.2, 0.25) is 0 Å². The largest absolute Gasteiger partial charge is 0.307 e. The van der Waals surface area contributed by atoms with Gasteiger partial charge in [-0.3, -0.25) is 9.55 Å². The first-order valence-electron chi connectivity index (χ1n) is 21.5. The first-order chi connectivity index (χ1) is 31.8. The summed E-state index contributed by atoms with van der Waals surface area (Å²) < 4.78 is 4.56. The third kappa shape index (κ3) is 4.49. The standard InChI is InChI=1S/C58H32N6/c59-32-44-55(63-46-24-12-22-40-39-26-29-60-33-45(39)41-23-13-25-47(63)52(41)51(40)46)49(35-16-6-2-7-17-35)48(34-14-4-1-5-15-34)50(36-18-8-3-9-19-36)56(44)64-57-53-42(27-30-61-57)37-20-10-11-21-38(37)43-28-31-62-58(64)54(43)53/h1-31,33H. The molecular formula is C58H32N6. The minimum Gasteiger partial charge on any atom is -0.307 e. The summed E-state index contributed by atoms with van der Waals surface area (Å²) in [5.41, 5.74) is 11.5. The summed E-state index contributed by atoms with van der Waals surface area (Å²) in [6.45, 7) is 0. The fraction of sp³-hybridized carbons (Fsp3) is 0. The van der Waals surface area contributed by atoms with Gasteiger partial charge in [-0.2, -0.15) is 5.26 Å². The number of pyridine rings is 3. The highest BCUT2D eigenvalue weighted by molar-refractivity contribution is 6.35. The van der Waals surface area contributed by atoms with Crippen LogP contribution < -0.4 is 0 Å². The predicted molar refractivity (Wildman–Crippen MR) is 262 cm³/mol. The number of benzene rings is 9. The van der Waals surface area contributed by atoms with Crippen molar-refractivity contribution in [3.63, 3.8) is 0 Å². The van der Waals surface area contributed by atoms with Crippen LogP contribution in [0.15, 0.2) is 195 Å². The van der Waals surface area contributed by atoms with Crippen LogP contribution in [0.25, 0.3) is 132 Å². The van der Waals surface area contributed by atoms with E-state index in [1.165, 1.54) is 0 Å². The number of rotatable bonds is 5. The van der Waals surface area contributed by atoms with Gasteiger partial charge in [-0.05, 0) is 84.7 Å². The molecule has 14 rings (SSSR count). The molecule has 0 aliphatic carbocycles. The zero-order valence-corrected chi connectivity index (χ0v) is 34.2. The first-order valence-corrected chi connectivity index (χ1v) is 21.5. The Morgan fingerprint density at radius 3 is 1.31 bits per heavy atom. The Morgan fingerprint density at radius 1 is 0.359 bits per heavy atom. The quantitative estimate of drug-likeness (QED) is 0.162. The third-order valence-electron chi connectivity index (χ3n) is 13.5.